The van der Waals surface area contributed by atoms with Gasteiger partial charge in [0.15, 0.2) is 5.69 Å². The molecule has 0 spiro atoms. The molecule has 3 aromatic heterocycles. The lowest BCUT2D eigenvalue weighted by atomic mass is 9.87. The van der Waals surface area contributed by atoms with Crippen LogP contribution in [0.15, 0.2) is 53.5 Å². The number of fused-ring (bicyclic) bond motifs is 2. The summed E-state index contributed by atoms with van der Waals surface area (Å²) in [7, 11) is -0.130. The summed E-state index contributed by atoms with van der Waals surface area (Å²) in [5.41, 5.74) is 4.54. The lowest BCUT2D eigenvalue weighted by Crippen LogP contribution is -2.37. The van der Waals surface area contributed by atoms with Crippen molar-refractivity contribution in [3.63, 3.8) is 0 Å². The summed E-state index contributed by atoms with van der Waals surface area (Å²) in [4.78, 5) is 37.9. The predicted octanol–water partition coefficient (Wildman–Crippen LogP) is 4.42. The first-order valence-corrected chi connectivity index (χ1v) is 17.2. The Balaban J connectivity index is 1.32. The molecule has 240 valence electrons. The number of nitrogens with zero attached hydrogens (tertiary/aromatic N) is 6. The zero-order chi connectivity index (χ0) is 32.9. The van der Waals surface area contributed by atoms with Gasteiger partial charge in [0, 0.05) is 38.1 Å². The highest BCUT2D eigenvalue weighted by atomic mass is 35.5. The Kier molecular flexibility index (Phi) is 8.23. The van der Waals surface area contributed by atoms with E-state index in [2.05, 4.69) is 38.5 Å². The van der Waals surface area contributed by atoms with Crippen LogP contribution in [0.1, 0.15) is 58.9 Å². The van der Waals surface area contributed by atoms with Crippen molar-refractivity contribution in [1.82, 2.24) is 29.0 Å². The Morgan fingerprint density at radius 2 is 1.80 bits per heavy atom. The molecule has 4 heterocycles. The lowest BCUT2D eigenvalue weighted by Gasteiger charge is -2.34. The highest BCUT2D eigenvalue weighted by Gasteiger charge is 2.27. The van der Waals surface area contributed by atoms with Crippen LogP contribution in [0.4, 0.5) is 11.6 Å². The Hall–Kier alpha value is -4.49. The van der Waals surface area contributed by atoms with Crippen molar-refractivity contribution < 1.29 is 13.2 Å². The number of hydrogen-bond donors (Lipinski definition) is 2. The predicted molar refractivity (Wildman–Crippen MR) is 180 cm³/mol. The normalized spacial score (nSPS) is 15.0. The van der Waals surface area contributed by atoms with Gasteiger partial charge in [-0.2, -0.15) is 5.10 Å². The molecule has 2 aromatic carbocycles. The van der Waals surface area contributed by atoms with Crippen LogP contribution in [0.2, 0.25) is 5.15 Å². The number of benzene rings is 2. The summed E-state index contributed by atoms with van der Waals surface area (Å²) >= 11 is 6.05. The molecule has 0 aliphatic carbocycles. The van der Waals surface area contributed by atoms with E-state index in [-0.39, 0.29) is 22.1 Å². The number of rotatable bonds is 7. The molecule has 46 heavy (non-hydrogen) atoms. The van der Waals surface area contributed by atoms with Gasteiger partial charge < -0.3 is 10.2 Å². The van der Waals surface area contributed by atoms with E-state index in [0.717, 1.165) is 48.8 Å². The molecule has 0 radical (unpaired) electrons. The van der Waals surface area contributed by atoms with Crippen molar-refractivity contribution in [2.45, 2.75) is 38.6 Å². The summed E-state index contributed by atoms with van der Waals surface area (Å²) < 4.78 is 28.9. The Morgan fingerprint density at radius 3 is 2.52 bits per heavy atom. The summed E-state index contributed by atoms with van der Waals surface area (Å²) in [6.45, 7) is 5.25. The van der Waals surface area contributed by atoms with Crippen molar-refractivity contribution in [2.24, 2.45) is 14.1 Å². The maximum atomic E-state index is 13.8. The van der Waals surface area contributed by atoms with E-state index in [4.69, 9.17) is 16.6 Å². The van der Waals surface area contributed by atoms with Crippen molar-refractivity contribution in [3.05, 3.63) is 86.6 Å². The van der Waals surface area contributed by atoms with Crippen LogP contribution in [-0.2, 0) is 24.1 Å². The molecule has 0 bridgehead atoms. The largest absolute Gasteiger partial charge is 0.377 e. The minimum absolute atomic E-state index is 0.0357. The molecule has 1 atom stereocenters. The second kappa shape index (κ2) is 12.0. The van der Waals surface area contributed by atoms with Crippen molar-refractivity contribution >= 4 is 61.0 Å². The van der Waals surface area contributed by atoms with Crippen LogP contribution >= 0.6 is 11.6 Å². The van der Waals surface area contributed by atoms with Gasteiger partial charge in [0.2, 0.25) is 16.0 Å². The number of aromatic nitrogens is 5. The number of halogens is 1. The second-order valence-corrected chi connectivity index (χ2v) is 14.1. The summed E-state index contributed by atoms with van der Waals surface area (Å²) in [6, 6.07) is 12.8. The fourth-order valence-electron chi connectivity index (χ4n) is 6.35. The quantitative estimate of drug-likeness (QED) is 0.242. The smallest absolute Gasteiger partial charge is 0.285 e. The number of amides is 1. The average Bonchev–Trinajstić information content (AvgIpc) is 3.39. The molecular weight excluding hydrogens is 628 g/mol. The van der Waals surface area contributed by atoms with E-state index in [1.165, 1.54) is 17.0 Å². The van der Waals surface area contributed by atoms with Crippen LogP contribution in [-0.4, -0.2) is 58.0 Å². The van der Waals surface area contributed by atoms with E-state index < -0.39 is 22.0 Å². The molecule has 14 heteroatoms. The first-order valence-electron chi connectivity index (χ1n) is 14.9. The number of sulfonamides is 1. The van der Waals surface area contributed by atoms with Crippen molar-refractivity contribution in [2.75, 3.05) is 29.6 Å². The van der Waals surface area contributed by atoms with Gasteiger partial charge in [-0.1, -0.05) is 29.8 Å². The first kappa shape index (κ1) is 31.5. The summed E-state index contributed by atoms with van der Waals surface area (Å²) in [5.74, 6) is 0.0478. The molecule has 1 saturated heterocycles. The number of hydrogen-bond acceptors (Lipinski definition) is 9. The number of carbonyl (C=O) groups is 1. The van der Waals surface area contributed by atoms with Gasteiger partial charge in [0.1, 0.15) is 5.15 Å². The van der Waals surface area contributed by atoms with E-state index >= 15 is 0 Å². The second-order valence-electron chi connectivity index (χ2n) is 11.9. The Bertz CT molecular complexity index is 2170. The Morgan fingerprint density at radius 1 is 1.07 bits per heavy atom. The van der Waals surface area contributed by atoms with Crippen LogP contribution in [0.5, 0.6) is 0 Å². The highest BCUT2D eigenvalue weighted by Crippen LogP contribution is 2.35. The zero-order valence-electron chi connectivity index (χ0n) is 26.2. The third-order valence-electron chi connectivity index (χ3n) is 8.57. The lowest BCUT2D eigenvalue weighted by molar-refractivity contribution is 0.0977. The van der Waals surface area contributed by atoms with E-state index in [1.54, 1.807) is 17.7 Å². The SMILES string of the molecule is Cc1cc([C@@H](C)Nc2ccc(Cl)nc2C(=O)NS(C)(=O)=O)c2nc(N3CCC(c4cccc5c4cnn5C)CC3)n(C)c(=O)c2c1. The van der Waals surface area contributed by atoms with Crippen LogP contribution in [0.25, 0.3) is 21.8 Å². The molecule has 0 unspecified atom stereocenters. The number of piperidine rings is 1. The summed E-state index contributed by atoms with van der Waals surface area (Å²) in [5, 5.41) is 9.41. The van der Waals surface area contributed by atoms with Gasteiger partial charge in [0.25, 0.3) is 11.5 Å². The van der Waals surface area contributed by atoms with Crippen LogP contribution in [0, 0.1) is 6.92 Å². The third-order valence-corrected chi connectivity index (χ3v) is 9.33. The average molecular weight is 663 g/mol. The van der Waals surface area contributed by atoms with Crippen molar-refractivity contribution in [3.8, 4) is 0 Å². The number of pyridine rings is 1. The van der Waals surface area contributed by atoms with E-state index in [9.17, 15) is 18.0 Å². The molecule has 6 rings (SSSR count). The first-order chi connectivity index (χ1) is 21.8. The number of anilines is 2. The molecule has 1 aliphatic heterocycles. The van der Waals surface area contributed by atoms with Gasteiger partial charge in [-0.05, 0) is 68.0 Å². The van der Waals surface area contributed by atoms with Gasteiger partial charge in [-0.25, -0.2) is 23.1 Å². The minimum atomic E-state index is -3.83. The summed E-state index contributed by atoms with van der Waals surface area (Å²) in [6.07, 6.45) is 4.63. The molecule has 1 aliphatic rings. The zero-order valence-corrected chi connectivity index (χ0v) is 27.8. The van der Waals surface area contributed by atoms with Gasteiger partial charge in [0.05, 0.1) is 40.6 Å². The maximum absolute atomic E-state index is 13.8. The minimum Gasteiger partial charge on any atom is -0.377 e. The standard InChI is InChI=1S/C32H35ClN8O4S/c1-18-15-22(19(2)35-25-9-10-27(33)36-29(25)30(42)38-46(5,44)45)28-23(16-18)31(43)39(3)32(37-28)41-13-11-20(12-14-41)21-7-6-8-26-24(21)17-34-40(26)4/h6-10,15-17,19-20,35H,11-14H2,1-5H3,(H,38,42)/t19-/m1/s1. The molecule has 0 saturated carbocycles. The van der Waals surface area contributed by atoms with E-state index in [0.29, 0.717) is 22.8 Å². The molecule has 12 nitrogen and oxygen atoms in total. The molecule has 1 amide bonds. The fraction of sp³-hybridized carbons (Fsp3) is 0.344. The molecular formula is C32H35ClN8O4S. The fourth-order valence-corrected chi connectivity index (χ4v) is 6.93. The molecule has 1 fully saturated rings. The van der Waals surface area contributed by atoms with Crippen LogP contribution < -0.4 is 20.5 Å². The number of nitrogens with one attached hydrogen (secondary N) is 2. The highest BCUT2D eigenvalue weighted by molar-refractivity contribution is 7.89. The Labute approximate surface area is 271 Å². The van der Waals surface area contributed by atoms with Crippen molar-refractivity contribution in [1.29, 1.82) is 0 Å². The topological polar surface area (TPSA) is 144 Å². The van der Waals surface area contributed by atoms with Gasteiger partial charge >= 0.3 is 0 Å². The van der Waals surface area contributed by atoms with Gasteiger partial charge in [-0.3, -0.25) is 18.8 Å². The van der Waals surface area contributed by atoms with Crippen LogP contribution in [0.3, 0.4) is 0 Å². The van der Waals surface area contributed by atoms with E-state index in [1.807, 2.05) is 48.6 Å². The monoisotopic (exact) mass is 662 g/mol. The third kappa shape index (κ3) is 6.04. The molecule has 2 N–H and O–H groups in total. The molecule has 5 aromatic rings. The van der Waals surface area contributed by atoms with Gasteiger partial charge in [-0.15, -0.1) is 0 Å². The maximum Gasteiger partial charge on any atom is 0.285 e. The number of carbonyl (C=O) groups excluding carboxylic acids is 1. The number of aryl methyl sites for hydroxylation is 2.